The summed E-state index contributed by atoms with van der Waals surface area (Å²) in [5, 5.41) is 0. The predicted octanol–water partition coefficient (Wildman–Crippen LogP) is 4.09. The Hall–Kier alpha value is -3.35. The van der Waals surface area contributed by atoms with E-state index >= 15 is 0 Å². The Bertz CT molecular complexity index is 1100. The lowest BCUT2D eigenvalue weighted by Gasteiger charge is -2.25. The third kappa shape index (κ3) is 3.75. The van der Waals surface area contributed by atoms with Gasteiger partial charge in [0.1, 0.15) is 5.69 Å². The molecule has 7 nitrogen and oxygen atoms in total. The van der Waals surface area contributed by atoms with Crippen molar-refractivity contribution in [2.24, 2.45) is 0 Å². The quantitative estimate of drug-likeness (QED) is 0.603. The van der Waals surface area contributed by atoms with Crippen LogP contribution in [0.4, 0.5) is 5.82 Å². The van der Waals surface area contributed by atoms with E-state index in [1.165, 1.54) is 7.11 Å². The molecular formula is C23H25N3O4. The molecule has 0 spiro atoms. The number of aromatic nitrogens is 2. The first kappa shape index (κ1) is 19.9. The van der Waals surface area contributed by atoms with Gasteiger partial charge in [0, 0.05) is 25.1 Å². The molecule has 0 fully saturated rings. The molecule has 0 amide bonds. The van der Waals surface area contributed by atoms with Crippen molar-refractivity contribution in [2.45, 2.75) is 26.3 Å². The molecule has 0 atom stereocenters. The van der Waals surface area contributed by atoms with E-state index in [2.05, 4.69) is 18.7 Å². The molecule has 0 bridgehead atoms. The van der Waals surface area contributed by atoms with Crippen LogP contribution in [0.3, 0.4) is 0 Å². The van der Waals surface area contributed by atoms with Gasteiger partial charge in [-0.2, -0.15) is 0 Å². The topological polar surface area (TPSA) is 73.8 Å². The van der Waals surface area contributed by atoms with Crippen molar-refractivity contribution in [2.75, 3.05) is 32.3 Å². The summed E-state index contributed by atoms with van der Waals surface area (Å²) in [5.41, 5.74) is 3.43. The number of esters is 1. The average molecular weight is 407 g/mol. The number of fused-ring (bicyclic) bond motifs is 2. The predicted molar refractivity (Wildman–Crippen MR) is 115 cm³/mol. The number of ether oxygens (including phenoxy) is 3. The van der Waals surface area contributed by atoms with Crippen LogP contribution in [0, 0.1) is 0 Å². The second kappa shape index (κ2) is 8.18. The first-order valence-electron chi connectivity index (χ1n) is 10.0. The molecule has 1 aliphatic rings. The van der Waals surface area contributed by atoms with E-state index in [-0.39, 0.29) is 6.04 Å². The van der Waals surface area contributed by atoms with Crippen LogP contribution in [0.2, 0.25) is 0 Å². The summed E-state index contributed by atoms with van der Waals surface area (Å²) >= 11 is 0. The van der Waals surface area contributed by atoms with E-state index < -0.39 is 5.97 Å². The highest BCUT2D eigenvalue weighted by Gasteiger charge is 2.20. The SMILES string of the molecule is COC(=O)c1ccc2nc(-c3ccc4c(c3)OCCCO4)c(N(C)C(C)C)nc2c1. The molecule has 0 N–H and O–H groups in total. The summed E-state index contributed by atoms with van der Waals surface area (Å²) in [7, 11) is 3.35. The molecule has 1 aliphatic heterocycles. The summed E-state index contributed by atoms with van der Waals surface area (Å²) in [6.45, 7) is 5.45. The van der Waals surface area contributed by atoms with E-state index in [1.807, 2.05) is 25.2 Å². The van der Waals surface area contributed by atoms with Crippen LogP contribution in [-0.4, -0.2) is 49.4 Å². The monoisotopic (exact) mass is 407 g/mol. The van der Waals surface area contributed by atoms with Gasteiger partial charge < -0.3 is 19.1 Å². The summed E-state index contributed by atoms with van der Waals surface area (Å²) < 4.78 is 16.5. The van der Waals surface area contributed by atoms with Gasteiger partial charge >= 0.3 is 5.97 Å². The van der Waals surface area contributed by atoms with Crippen molar-refractivity contribution in [1.82, 2.24) is 9.97 Å². The van der Waals surface area contributed by atoms with E-state index in [1.54, 1.807) is 18.2 Å². The molecule has 4 rings (SSSR count). The second-order valence-corrected chi connectivity index (χ2v) is 7.51. The van der Waals surface area contributed by atoms with Crippen molar-refractivity contribution < 1.29 is 19.0 Å². The number of rotatable bonds is 4. The zero-order valence-electron chi connectivity index (χ0n) is 17.6. The van der Waals surface area contributed by atoms with E-state index in [0.717, 1.165) is 29.2 Å². The van der Waals surface area contributed by atoms with Crippen molar-refractivity contribution in [3.05, 3.63) is 42.0 Å². The highest BCUT2D eigenvalue weighted by molar-refractivity contribution is 5.94. The summed E-state index contributed by atoms with van der Waals surface area (Å²) in [5.74, 6) is 1.79. The van der Waals surface area contributed by atoms with Gasteiger partial charge in [0.05, 0.1) is 36.9 Å². The Morgan fingerprint density at radius 3 is 2.53 bits per heavy atom. The van der Waals surface area contributed by atoms with Crippen LogP contribution in [0.5, 0.6) is 11.5 Å². The van der Waals surface area contributed by atoms with Crippen molar-refractivity contribution in [3.63, 3.8) is 0 Å². The molecule has 0 saturated heterocycles. The van der Waals surface area contributed by atoms with E-state index in [0.29, 0.717) is 35.6 Å². The molecule has 0 unspecified atom stereocenters. The third-order valence-electron chi connectivity index (χ3n) is 5.20. The Balaban J connectivity index is 1.88. The third-order valence-corrected chi connectivity index (χ3v) is 5.20. The van der Waals surface area contributed by atoms with Crippen LogP contribution in [0.1, 0.15) is 30.6 Å². The van der Waals surface area contributed by atoms with E-state index in [4.69, 9.17) is 24.2 Å². The zero-order valence-corrected chi connectivity index (χ0v) is 17.6. The van der Waals surface area contributed by atoms with Gasteiger partial charge in [-0.15, -0.1) is 0 Å². The second-order valence-electron chi connectivity index (χ2n) is 7.51. The van der Waals surface area contributed by atoms with Gasteiger partial charge in [-0.05, 0) is 50.2 Å². The average Bonchev–Trinajstić information content (AvgIpc) is 3.01. The molecule has 1 aromatic heterocycles. The Kier molecular flexibility index (Phi) is 5.44. The van der Waals surface area contributed by atoms with Gasteiger partial charge in [0.2, 0.25) is 0 Å². The van der Waals surface area contributed by atoms with Crippen LogP contribution in [-0.2, 0) is 4.74 Å². The first-order valence-corrected chi connectivity index (χ1v) is 10.0. The maximum absolute atomic E-state index is 11.9. The first-order chi connectivity index (χ1) is 14.5. The van der Waals surface area contributed by atoms with E-state index in [9.17, 15) is 4.79 Å². The lowest BCUT2D eigenvalue weighted by molar-refractivity contribution is 0.0601. The number of hydrogen-bond donors (Lipinski definition) is 0. The molecule has 2 heterocycles. The largest absolute Gasteiger partial charge is 0.490 e. The van der Waals surface area contributed by atoms with Gasteiger partial charge in [0.15, 0.2) is 17.3 Å². The minimum Gasteiger partial charge on any atom is -0.490 e. The van der Waals surface area contributed by atoms with Crippen LogP contribution in [0.15, 0.2) is 36.4 Å². The number of nitrogens with zero attached hydrogens (tertiary/aromatic N) is 3. The molecule has 3 aromatic rings. The Labute approximate surface area is 175 Å². The lowest BCUT2D eigenvalue weighted by atomic mass is 10.1. The standard InChI is InChI=1S/C23H25N3O4/c1-14(2)26(3)22-21(15-7-9-19-20(13-15)30-11-5-10-29-19)24-17-8-6-16(23(27)28-4)12-18(17)25-22/h6-9,12-14H,5,10-11H2,1-4H3. The molecule has 0 aliphatic carbocycles. The molecule has 156 valence electrons. The van der Waals surface area contributed by atoms with Gasteiger partial charge in [-0.3, -0.25) is 0 Å². The number of benzene rings is 2. The molecule has 7 heteroatoms. The Morgan fingerprint density at radius 2 is 1.80 bits per heavy atom. The van der Waals surface area contributed by atoms with Crippen LogP contribution in [0.25, 0.3) is 22.3 Å². The van der Waals surface area contributed by atoms with Gasteiger partial charge in [-0.25, -0.2) is 14.8 Å². The Morgan fingerprint density at radius 1 is 1.03 bits per heavy atom. The number of methoxy groups -OCH3 is 1. The molecule has 2 aromatic carbocycles. The minimum atomic E-state index is -0.399. The van der Waals surface area contributed by atoms with Crippen molar-refractivity contribution >= 4 is 22.8 Å². The summed E-state index contributed by atoms with van der Waals surface area (Å²) in [4.78, 5) is 23.8. The smallest absolute Gasteiger partial charge is 0.337 e. The molecule has 0 radical (unpaired) electrons. The number of carbonyl (C=O) groups is 1. The van der Waals surface area contributed by atoms with Crippen LogP contribution >= 0.6 is 0 Å². The summed E-state index contributed by atoms with van der Waals surface area (Å²) in [6, 6.07) is 11.3. The van der Waals surface area contributed by atoms with Gasteiger partial charge in [0.25, 0.3) is 0 Å². The zero-order chi connectivity index (χ0) is 21.3. The lowest BCUT2D eigenvalue weighted by Crippen LogP contribution is -2.27. The maximum atomic E-state index is 11.9. The number of hydrogen-bond acceptors (Lipinski definition) is 7. The van der Waals surface area contributed by atoms with Crippen LogP contribution < -0.4 is 14.4 Å². The fraction of sp³-hybridized carbons (Fsp3) is 0.348. The number of carbonyl (C=O) groups excluding carboxylic acids is 1. The summed E-state index contributed by atoms with van der Waals surface area (Å²) in [6.07, 6.45) is 0.851. The maximum Gasteiger partial charge on any atom is 0.337 e. The normalized spacial score (nSPS) is 13.2. The fourth-order valence-electron chi connectivity index (χ4n) is 3.28. The molecule has 30 heavy (non-hydrogen) atoms. The van der Waals surface area contributed by atoms with Crippen molar-refractivity contribution in [3.8, 4) is 22.8 Å². The number of anilines is 1. The highest BCUT2D eigenvalue weighted by Crippen LogP contribution is 2.37. The van der Waals surface area contributed by atoms with Crippen molar-refractivity contribution in [1.29, 1.82) is 0 Å². The molecular weight excluding hydrogens is 382 g/mol. The minimum absolute atomic E-state index is 0.208. The molecule has 0 saturated carbocycles. The van der Waals surface area contributed by atoms with Gasteiger partial charge in [-0.1, -0.05) is 0 Å². The fourth-order valence-corrected chi connectivity index (χ4v) is 3.28. The highest BCUT2D eigenvalue weighted by atomic mass is 16.5.